The fourth-order valence-electron chi connectivity index (χ4n) is 3.64. The molecule has 1 aliphatic rings. The maximum absolute atomic E-state index is 13.1. The lowest BCUT2D eigenvalue weighted by Gasteiger charge is -2.39. The highest BCUT2D eigenvalue weighted by molar-refractivity contribution is 5.49. The fourth-order valence-corrected chi connectivity index (χ4v) is 3.64. The van der Waals surface area contributed by atoms with Crippen molar-refractivity contribution in [1.29, 1.82) is 0 Å². The van der Waals surface area contributed by atoms with Gasteiger partial charge in [0.25, 0.3) is 0 Å². The normalized spacial score (nSPS) is 20.3. The van der Waals surface area contributed by atoms with Crippen LogP contribution in [0.5, 0.6) is 0 Å². The van der Waals surface area contributed by atoms with Crippen LogP contribution in [0.3, 0.4) is 0 Å². The van der Waals surface area contributed by atoms with Crippen LogP contribution >= 0.6 is 0 Å². The molecule has 0 saturated carbocycles. The van der Waals surface area contributed by atoms with Crippen molar-refractivity contribution >= 4 is 6.41 Å². The van der Waals surface area contributed by atoms with Crippen molar-refractivity contribution in [3.05, 3.63) is 70.8 Å². The van der Waals surface area contributed by atoms with E-state index in [1.165, 1.54) is 4.90 Å². The number of carbonyl (C=O) groups excluding carboxylic acids is 1. The van der Waals surface area contributed by atoms with Gasteiger partial charge in [-0.15, -0.1) is 0 Å². The smallest absolute Gasteiger partial charge is 0.371 e. The van der Waals surface area contributed by atoms with Gasteiger partial charge in [-0.25, -0.2) is 0 Å². The Kier molecular flexibility index (Phi) is 6.40. The van der Waals surface area contributed by atoms with Gasteiger partial charge >= 0.3 is 12.4 Å². The Labute approximate surface area is 169 Å². The summed E-state index contributed by atoms with van der Waals surface area (Å²) in [5, 5.41) is 0. The molecule has 2 aromatic rings. The molecule has 1 saturated heterocycles. The average Bonchev–Trinajstić information content (AvgIpc) is 2.71. The lowest BCUT2D eigenvalue weighted by atomic mass is 9.92. The van der Waals surface area contributed by atoms with Gasteiger partial charge in [-0.1, -0.05) is 30.3 Å². The first-order chi connectivity index (χ1) is 14.1. The quantitative estimate of drug-likeness (QED) is 0.456. The highest BCUT2D eigenvalue weighted by Crippen LogP contribution is 2.37. The Morgan fingerprint density at radius 3 is 2.10 bits per heavy atom. The first-order valence-electron chi connectivity index (χ1n) is 9.25. The van der Waals surface area contributed by atoms with Crippen molar-refractivity contribution in [3.63, 3.8) is 0 Å². The summed E-state index contributed by atoms with van der Waals surface area (Å²) in [4.78, 5) is 13.0. The minimum Gasteiger partial charge on any atom is -0.371 e. The minimum atomic E-state index is -4.91. The lowest BCUT2D eigenvalue weighted by molar-refractivity contribution is -0.143. The summed E-state index contributed by atoms with van der Waals surface area (Å²) in [6.45, 7) is 0.0540. The molecular weight excluding hydrogens is 412 g/mol. The number of hydrogen-bond acceptors (Lipinski definition) is 2. The van der Waals surface area contributed by atoms with Crippen LogP contribution in [0.4, 0.5) is 26.3 Å². The third-order valence-electron chi connectivity index (χ3n) is 5.00. The molecule has 0 spiro atoms. The molecule has 3 rings (SSSR count). The summed E-state index contributed by atoms with van der Waals surface area (Å²) in [7, 11) is 0. The molecule has 162 valence electrons. The van der Waals surface area contributed by atoms with E-state index in [0.717, 1.165) is 5.56 Å². The molecule has 1 amide bonds. The average molecular weight is 431 g/mol. The highest BCUT2D eigenvalue weighted by Gasteiger charge is 2.37. The van der Waals surface area contributed by atoms with Gasteiger partial charge in [-0.2, -0.15) is 26.3 Å². The summed E-state index contributed by atoms with van der Waals surface area (Å²) < 4.78 is 84.1. The number of amides is 1. The Morgan fingerprint density at radius 1 is 0.967 bits per heavy atom. The number of benzene rings is 2. The summed E-state index contributed by atoms with van der Waals surface area (Å²) in [6, 6.07) is 9.91. The van der Waals surface area contributed by atoms with Gasteiger partial charge in [0.15, 0.2) is 0 Å². The zero-order valence-electron chi connectivity index (χ0n) is 15.7. The summed E-state index contributed by atoms with van der Waals surface area (Å²) in [5.74, 6) is 0. The topological polar surface area (TPSA) is 29.5 Å². The SMILES string of the molecule is O=CN1CCC[C@H](OCc2cc(C(F)(F)F)cc(C(F)(F)F)c2)[C@@H]1c1ccccc1. The predicted octanol–water partition coefficient (Wildman–Crippen LogP) is 5.60. The molecule has 1 fully saturated rings. The van der Waals surface area contributed by atoms with E-state index in [4.69, 9.17) is 4.74 Å². The Balaban J connectivity index is 1.86. The van der Waals surface area contributed by atoms with Crippen molar-refractivity contribution in [2.45, 2.75) is 43.9 Å². The highest BCUT2D eigenvalue weighted by atomic mass is 19.4. The molecule has 3 nitrogen and oxygen atoms in total. The molecule has 0 unspecified atom stereocenters. The van der Waals surface area contributed by atoms with Gasteiger partial charge in [0, 0.05) is 6.54 Å². The van der Waals surface area contributed by atoms with Crippen molar-refractivity contribution in [2.24, 2.45) is 0 Å². The van der Waals surface area contributed by atoms with E-state index in [1.54, 1.807) is 30.3 Å². The summed E-state index contributed by atoms with van der Waals surface area (Å²) in [5.41, 5.74) is -2.20. The first kappa shape index (κ1) is 22.1. The number of rotatable bonds is 5. The zero-order chi connectivity index (χ0) is 21.9. The van der Waals surface area contributed by atoms with E-state index in [0.29, 0.717) is 37.9 Å². The van der Waals surface area contributed by atoms with Crippen LogP contribution < -0.4 is 0 Å². The van der Waals surface area contributed by atoms with Crippen LogP contribution in [0.1, 0.15) is 41.1 Å². The van der Waals surface area contributed by atoms with E-state index >= 15 is 0 Å². The maximum Gasteiger partial charge on any atom is 0.416 e. The number of alkyl halides is 6. The van der Waals surface area contributed by atoms with Gasteiger partial charge in [-0.05, 0) is 42.2 Å². The summed E-state index contributed by atoms with van der Waals surface area (Å²) >= 11 is 0. The Bertz CT molecular complexity index is 834. The van der Waals surface area contributed by atoms with Gasteiger partial charge < -0.3 is 9.64 Å². The zero-order valence-corrected chi connectivity index (χ0v) is 15.7. The second-order valence-electron chi connectivity index (χ2n) is 7.10. The Morgan fingerprint density at radius 2 is 1.57 bits per heavy atom. The van der Waals surface area contributed by atoms with E-state index in [-0.39, 0.29) is 11.6 Å². The third-order valence-corrected chi connectivity index (χ3v) is 5.00. The molecule has 0 N–H and O–H groups in total. The van der Waals surface area contributed by atoms with Gasteiger partial charge in [0.1, 0.15) is 0 Å². The Hall–Kier alpha value is -2.55. The van der Waals surface area contributed by atoms with Crippen LogP contribution in [0.25, 0.3) is 0 Å². The van der Waals surface area contributed by atoms with Crippen molar-refractivity contribution in [3.8, 4) is 0 Å². The van der Waals surface area contributed by atoms with Crippen LogP contribution in [0.15, 0.2) is 48.5 Å². The minimum absolute atomic E-state index is 0.0883. The molecule has 1 heterocycles. The second kappa shape index (κ2) is 8.67. The van der Waals surface area contributed by atoms with Crippen molar-refractivity contribution in [1.82, 2.24) is 4.90 Å². The van der Waals surface area contributed by atoms with Gasteiger partial charge in [0.05, 0.1) is 29.9 Å². The monoisotopic (exact) mass is 431 g/mol. The number of nitrogens with zero attached hydrogens (tertiary/aromatic N) is 1. The van der Waals surface area contributed by atoms with Gasteiger partial charge in [-0.3, -0.25) is 4.79 Å². The van der Waals surface area contributed by atoms with Crippen molar-refractivity contribution < 1.29 is 35.9 Å². The number of carbonyl (C=O) groups is 1. The number of halogens is 6. The molecule has 9 heteroatoms. The fraction of sp³-hybridized carbons (Fsp3) is 0.381. The molecule has 0 radical (unpaired) electrons. The van der Waals surface area contributed by atoms with Gasteiger partial charge in [0.2, 0.25) is 6.41 Å². The maximum atomic E-state index is 13.1. The molecule has 1 aliphatic heterocycles. The van der Waals surface area contributed by atoms with Crippen LogP contribution in [0, 0.1) is 0 Å². The molecule has 30 heavy (non-hydrogen) atoms. The second-order valence-corrected chi connectivity index (χ2v) is 7.10. The van der Waals surface area contributed by atoms with Crippen LogP contribution in [0.2, 0.25) is 0 Å². The molecule has 2 atom stereocenters. The number of piperidine rings is 1. The van der Waals surface area contributed by atoms with Crippen LogP contribution in [-0.4, -0.2) is 24.0 Å². The molecule has 0 aromatic heterocycles. The van der Waals surface area contributed by atoms with E-state index in [9.17, 15) is 31.1 Å². The number of likely N-dealkylation sites (tertiary alicyclic amines) is 1. The van der Waals surface area contributed by atoms with E-state index in [2.05, 4.69) is 0 Å². The van der Waals surface area contributed by atoms with Crippen LogP contribution in [-0.2, 0) is 28.5 Å². The number of hydrogen-bond donors (Lipinski definition) is 0. The summed E-state index contributed by atoms with van der Waals surface area (Å²) in [6.07, 6.45) is -8.57. The first-order valence-corrected chi connectivity index (χ1v) is 9.25. The van der Waals surface area contributed by atoms with E-state index < -0.39 is 42.2 Å². The molecule has 2 aromatic carbocycles. The number of ether oxygens (including phenoxy) is 1. The van der Waals surface area contributed by atoms with Crippen molar-refractivity contribution in [2.75, 3.05) is 6.54 Å². The third kappa shape index (κ3) is 5.13. The predicted molar refractivity (Wildman–Crippen MR) is 96.2 cm³/mol. The molecular formula is C21H19F6NO2. The lowest BCUT2D eigenvalue weighted by Crippen LogP contribution is -2.42. The molecule has 0 aliphatic carbocycles. The standard InChI is InChI=1S/C21H19F6NO2/c22-20(23,24)16-9-14(10-17(11-16)21(25,26)27)12-30-18-7-4-8-28(13-29)19(18)15-5-2-1-3-6-15/h1-3,5-6,9-11,13,18-19H,4,7-8,12H2/t18-,19-/m0/s1. The van der Waals surface area contributed by atoms with E-state index in [1.807, 2.05) is 0 Å². The molecule has 0 bridgehead atoms. The largest absolute Gasteiger partial charge is 0.416 e.